The van der Waals surface area contributed by atoms with E-state index in [1.807, 2.05) is 30.3 Å². The minimum absolute atomic E-state index is 0.106. The van der Waals surface area contributed by atoms with Crippen molar-refractivity contribution in [2.75, 3.05) is 0 Å². The second-order valence-corrected chi connectivity index (χ2v) is 4.73. The van der Waals surface area contributed by atoms with Gasteiger partial charge in [0, 0.05) is 0 Å². The van der Waals surface area contributed by atoms with Crippen LogP contribution in [0.1, 0.15) is 12.0 Å². The van der Waals surface area contributed by atoms with Crippen LogP contribution in [-0.2, 0) is 30.5 Å². The summed E-state index contributed by atoms with van der Waals surface area (Å²) in [4.78, 5) is 35.8. The molecule has 1 amide bonds. The molecule has 104 valence electrons. The number of nitrogens with zero attached hydrogens (tertiary/aromatic N) is 1. The Morgan fingerprint density at radius 1 is 1.40 bits per heavy atom. The number of rotatable bonds is 4. The first-order valence-electron chi connectivity index (χ1n) is 6.33. The molecule has 0 bridgehead atoms. The number of amides is 1. The minimum atomic E-state index is -0.956. The Hall–Kier alpha value is -2.21. The predicted molar refractivity (Wildman–Crippen MR) is 66.2 cm³/mol. The van der Waals surface area contributed by atoms with Gasteiger partial charge in [-0.25, -0.2) is 4.79 Å². The fourth-order valence-electron chi connectivity index (χ4n) is 2.43. The average Bonchev–Trinajstić information content (AvgIpc) is 2.78. The molecule has 3 rings (SSSR count). The molecule has 0 aromatic heterocycles. The highest BCUT2D eigenvalue weighted by Gasteiger charge is 2.55. The summed E-state index contributed by atoms with van der Waals surface area (Å²) in [6.07, 6.45) is -0.644. The Bertz CT molecular complexity index is 544. The Kier molecular flexibility index (Phi) is 3.23. The highest BCUT2D eigenvalue weighted by atomic mass is 16.6. The molecule has 2 aliphatic heterocycles. The van der Waals surface area contributed by atoms with Crippen LogP contribution in [0.25, 0.3) is 0 Å². The third kappa shape index (κ3) is 2.08. The number of hydrogen-bond acceptors (Lipinski definition) is 5. The molecule has 0 saturated carbocycles. The molecule has 0 radical (unpaired) electrons. The highest BCUT2D eigenvalue weighted by Crippen LogP contribution is 2.33. The molecule has 20 heavy (non-hydrogen) atoms. The first-order chi connectivity index (χ1) is 9.70. The molecular formula is C14H13NO5. The Labute approximate surface area is 115 Å². The zero-order valence-electron chi connectivity index (χ0n) is 10.6. The molecule has 2 aliphatic rings. The second kappa shape index (κ2) is 5.05. The van der Waals surface area contributed by atoms with Crippen LogP contribution in [0.2, 0.25) is 0 Å². The number of ether oxygens (including phenoxy) is 2. The fraction of sp³-hybridized carbons (Fsp3) is 0.357. The maximum atomic E-state index is 12.1. The Morgan fingerprint density at radius 2 is 2.15 bits per heavy atom. The molecule has 3 atom stereocenters. The van der Waals surface area contributed by atoms with Crippen LogP contribution >= 0.6 is 0 Å². The third-order valence-electron chi connectivity index (χ3n) is 3.47. The zero-order chi connectivity index (χ0) is 14.1. The number of esters is 1. The molecule has 2 heterocycles. The lowest BCUT2D eigenvalue weighted by molar-refractivity contribution is -0.166. The molecule has 0 spiro atoms. The predicted octanol–water partition coefficient (Wildman–Crippen LogP) is 0.254. The van der Waals surface area contributed by atoms with Gasteiger partial charge in [0.05, 0.1) is 6.42 Å². The third-order valence-corrected chi connectivity index (χ3v) is 3.47. The number of carbonyl (C=O) groups excluding carboxylic acids is 3. The van der Waals surface area contributed by atoms with E-state index in [2.05, 4.69) is 0 Å². The largest absolute Gasteiger partial charge is 0.459 e. The van der Waals surface area contributed by atoms with E-state index in [1.54, 1.807) is 0 Å². The van der Waals surface area contributed by atoms with Crippen molar-refractivity contribution in [2.45, 2.75) is 31.4 Å². The van der Waals surface area contributed by atoms with Gasteiger partial charge in [0.25, 0.3) is 0 Å². The van der Waals surface area contributed by atoms with Crippen molar-refractivity contribution >= 4 is 18.2 Å². The second-order valence-electron chi connectivity index (χ2n) is 4.73. The van der Waals surface area contributed by atoms with Crippen LogP contribution in [0.4, 0.5) is 0 Å². The van der Waals surface area contributed by atoms with E-state index in [0.29, 0.717) is 6.29 Å². The summed E-state index contributed by atoms with van der Waals surface area (Å²) in [5, 5.41) is 0. The van der Waals surface area contributed by atoms with Gasteiger partial charge in [-0.1, -0.05) is 30.3 Å². The first kappa shape index (κ1) is 12.8. The zero-order valence-corrected chi connectivity index (χ0v) is 10.6. The first-order valence-corrected chi connectivity index (χ1v) is 6.33. The van der Waals surface area contributed by atoms with Crippen molar-refractivity contribution in [3.8, 4) is 0 Å². The maximum absolute atomic E-state index is 12.1. The van der Waals surface area contributed by atoms with E-state index < -0.39 is 24.3 Å². The summed E-state index contributed by atoms with van der Waals surface area (Å²) in [5.74, 6) is -0.803. The molecule has 2 fully saturated rings. The summed E-state index contributed by atoms with van der Waals surface area (Å²) < 4.78 is 10.5. The van der Waals surface area contributed by atoms with Crippen LogP contribution in [0.3, 0.4) is 0 Å². The van der Waals surface area contributed by atoms with E-state index in [1.165, 1.54) is 4.90 Å². The normalized spacial score (nSPS) is 27.7. The molecule has 3 unspecified atom stereocenters. The van der Waals surface area contributed by atoms with Gasteiger partial charge in [0.2, 0.25) is 5.91 Å². The van der Waals surface area contributed by atoms with Gasteiger partial charge < -0.3 is 14.3 Å². The smallest absolute Gasteiger partial charge is 0.332 e. The quantitative estimate of drug-likeness (QED) is 0.447. The molecule has 1 aromatic carbocycles. The van der Waals surface area contributed by atoms with Gasteiger partial charge >= 0.3 is 5.97 Å². The highest BCUT2D eigenvalue weighted by molar-refractivity contribution is 5.92. The molecule has 1 aromatic rings. The summed E-state index contributed by atoms with van der Waals surface area (Å²) in [6.45, 7) is 0.106. The fourth-order valence-corrected chi connectivity index (χ4v) is 2.43. The lowest BCUT2D eigenvalue weighted by Crippen LogP contribution is -2.56. The van der Waals surface area contributed by atoms with E-state index >= 15 is 0 Å². The number of hydrogen-bond donors (Lipinski definition) is 0. The average molecular weight is 275 g/mol. The summed E-state index contributed by atoms with van der Waals surface area (Å²) in [7, 11) is 0. The number of benzene rings is 1. The van der Waals surface area contributed by atoms with Crippen molar-refractivity contribution in [3.63, 3.8) is 0 Å². The van der Waals surface area contributed by atoms with E-state index in [9.17, 15) is 14.4 Å². The lowest BCUT2D eigenvalue weighted by Gasteiger charge is -2.35. The standard InChI is InChI=1S/C14H13NO5/c16-7-10-13(15-11(17)6-12(15)20-10)14(18)19-8-9-4-2-1-3-5-9/h1-5,7,10,12-13H,6,8H2. The van der Waals surface area contributed by atoms with Crippen LogP contribution in [0.15, 0.2) is 30.3 Å². The van der Waals surface area contributed by atoms with Crippen molar-refractivity contribution in [1.29, 1.82) is 0 Å². The van der Waals surface area contributed by atoms with Crippen molar-refractivity contribution < 1.29 is 23.9 Å². The van der Waals surface area contributed by atoms with Crippen LogP contribution in [-0.4, -0.2) is 41.4 Å². The molecular weight excluding hydrogens is 262 g/mol. The van der Waals surface area contributed by atoms with Crippen molar-refractivity contribution in [3.05, 3.63) is 35.9 Å². The molecule has 2 saturated heterocycles. The van der Waals surface area contributed by atoms with E-state index in [-0.39, 0.29) is 18.9 Å². The van der Waals surface area contributed by atoms with Gasteiger partial charge in [-0.15, -0.1) is 0 Å². The molecule has 6 nitrogen and oxygen atoms in total. The number of carbonyl (C=O) groups is 3. The number of aldehydes is 1. The lowest BCUT2D eigenvalue weighted by atomic mass is 10.1. The van der Waals surface area contributed by atoms with Crippen molar-refractivity contribution in [1.82, 2.24) is 4.90 Å². The minimum Gasteiger partial charge on any atom is -0.459 e. The molecule has 0 aliphatic carbocycles. The van der Waals surface area contributed by atoms with Crippen LogP contribution in [0, 0.1) is 0 Å². The molecule has 0 N–H and O–H groups in total. The summed E-state index contributed by atoms with van der Waals surface area (Å²) in [6, 6.07) is 8.24. The number of fused-ring (bicyclic) bond motifs is 1. The van der Waals surface area contributed by atoms with Crippen LogP contribution < -0.4 is 0 Å². The van der Waals surface area contributed by atoms with Crippen molar-refractivity contribution in [2.24, 2.45) is 0 Å². The Morgan fingerprint density at radius 3 is 2.80 bits per heavy atom. The van der Waals surface area contributed by atoms with Gasteiger partial charge in [-0.2, -0.15) is 0 Å². The monoisotopic (exact) mass is 275 g/mol. The van der Waals surface area contributed by atoms with Gasteiger partial charge in [-0.3, -0.25) is 9.69 Å². The molecule has 6 heteroatoms. The van der Waals surface area contributed by atoms with Gasteiger partial charge in [-0.05, 0) is 5.56 Å². The van der Waals surface area contributed by atoms with Crippen LogP contribution in [0.5, 0.6) is 0 Å². The van der Waals surface area contributed by atoms with Gasteiger partial charge in [0.15, 0.2) is 12.3 Å². The SMILES string of the molecule is O=CC1OC2CC(=O)N2C1C(=O)OCc1ccccc1. The van der Waals surface area contributed by atoms with E-state index in [4.69, 9.17) is 9.47 Å². The summed E-state index contributed by atoms with van der Waals surface area (Å²) >= 11 is 0. The number of β-lactam (4-membered cyclic amide) rings is 1. The van der Waals surface area contributed by atoms with E-state index in [0.717, 1.165) is 5.56 Å². The Balaban J connectivity index is 1.66. The topological polar surface area (TPSA) is 72.9 Å². The maximum Gasteiger partial charge on any atom is 0.332 e. The summed E-state index contributed by atoms with van der Waals surface area (Å²) in [5.41, 5.74) is 0.842. The van der Waals surface area contributed by atoms with Gasteiger partial charge in [0.1, 0.15) is 18.9 Å².